The van der Waals surface area contributed by atoms with E-state index < -0.39 is 0 Å². The standard InChI is InChI=1S/C20H20O2/c1-13-5-10-17-16(11-13)19(21)18(22-17)12-14-6-8-15(9-7-14)20(2,3)4/h5-12H,1-4H3/b18-12-. The molecule has 2 heteroatoms. The first-order chi connectivity index (χ1) is 10.3. The molecule has 3 rings (SSSR count). The molecular formula is C20H20O2. The van der Waals surface area contributed by atoms with E-state index in [1.165, 1.54) is 5.56 Å². The van der Waals surface area contributed by atoms with Crippen molar-refractivity contribution in [1.82, 2.24) is 0 Å². The van der Waals surface area contributed by atoms with Crippen LogP contribution >= 0.6 is 0 Å². The topological polar surface area (TPSA) is 26.3 Å². The first-order valence-corrected chi connectivity index (χ1v) is 7.50. The average Bonchev–Trinajstić information content (AvgIpc) is 2.75. The fraction of sp³-hybridized carbons (Fsp3) is 0.250. The highest BCUT2D eigenvalue weighted by Crippen LogP contribution is 2.32. The van der Waals surface area contributed by atoms with E-state index in [0.29, 0.717) is 17.1 Å². The smallest absolute Gasteiger partial charge is 0.231 e. The minimum atomic E-state index is -0.0430. The Morgan fingerprint density at radius 2 is 1.68 bits per heavy atom. The van der Waals surface area contributed by atoms with E-state index in [1.54, 1.807) is 0 Å². The maximum absolute atomic E-state index is 12.4. The quantitative estimate of drug-likeness (QED) is 0.698. The van der Waals surface area contributed by atoms with Crippen LogP contribution in [0.2, 0.25) is 0 Å². The number of fused-ring (bicyclic) bond motifs is 1. The number of benzene rings is 2. The third-order valence-electron chi connectivity index (χ3n) is 3.90. The molecule has 112 valence electrons. The summed E-state index contributed by atoms with van der Waals surface area (Å²) in [6.45, 7) is 8.52. The van der Waals surface area contributed by atoms with Crippen molar-refractivity contribution in [3.63, 3.8) is 0 Å². The molecule has 22 heavy (non-hydrogen) atoms. The summed E-state index contributed by atoms with van der Waals surface area (Å²) in [5.74, 6) is 0.996. The predicted octanol–water partition coefficient (Wildman–Crippen LogP) is 4.91. The summed E-state index contributed by atoms with van der Waals surface area (Å²) in [5.41, 5.74) is 4.08. The second-order valence-corrected chi connectivity index (χ2v) is 6.81. The zero-order chi connectivity index (χ0) is 15.9. The van der Waals surface area contributed by atoms with Crippen LogP contribution < -0.4 is 4.74 Å². The van der Waals surface area contributed by atoms with E-state index in [2.05, 4.69) is 32.9 Å². The van der Waals surface area contributed by atoms with Crippen molar-refractivity contribution in [3.05, 3.63) is 70.5 Å². The van der Waals surface area contributed by atoms with Gasteiger partial charge in [-0.25, -0.2) is 0 Å². The van der Waals surface area contributed by atoms with Gasteiger partial charge in [0.05, 0.1) is 5.56 Å². The maximum atomic E-state index is 12.4. The molecule has 2 nitrogen and oxygen atoms in total. The van der Waals surface area contributed by atoms with Crippen LogP contribution in [0.1, 0.15) is 47.8 Å². The molecular weight excluding hydrogens is 272 g/mol. The Hall–Kier alpha value is -2.35. The Morgan fingerprint density at radius 1 is 1.00 bits per heavy atom. The van der Waals surface area contributed by atoms with Crippen molar-refractivity contribution in [2.75, 3.05) is 0 Å². The molecule has 0 amide bonds. The number of aryl methyl sites for hydroxylation is 1. The van der Waals surface area contributed by atoms with Gasteiger partial charge in [-0.1, -0.05) is 56.7 Å². The van der Waals surface area contributed by atoms with Gasteiger partial charge in [0.25, 0.3) is 0 Å². The Kier molecular flexibility index (Phi) is 3.40. The normalized spacial score (nSPS) is 15.8. The van der Waals surface area contributed by atoms with E-state index in [1.807, 2.05) is 43.3 Å². The van der Waals surface area contributed by atoms with Crippen molar-refractivity contribution < 1.29 is 9.53 Å². The summed E-state index contributed by atoms with van der Waals surface area (Å²) in [6.07, 6.45) is 1.81. The van der Waals surface area contributed by atoms with Crippen LogP contribution in [0.3, 0.4) is 0 Å². The van der Waals surface area contributed by atoms with Crippen molar-refractivity contribution in [2.24, 2.45) is 0 Å². The van der Waals surface area contributed by atoms with Crippen molar-refractivity contribution >= 4 is 11.9 Å². The minimum absolute atomic E-state index is 0.0430. The number of rotatable bonds is 1. The van der Waals surface area contributed by atoms with Gasteiger partial charge in [-0.15, -0.1) is 0 Å². The molecule has 1 aliphatic rings. The molecule has 2 aromatic rings. The number of ketones is 1. The lowest BCUT2D eigenvalue weighted by Crippen LogP contribution is -2.10. The number of hydrogen-bond donors (Lipinski definition) is 0. The molecule has 0 aliphatic carbocycles. The Morgan fingerprint density at radius 3 is 2.32 bits per heavy atom. The van der Waals surface area contributed by atoms with E-state index in [0.717, 1.165) is 11.1 Å². The van der Waals surface area contributed by atoms with Gasteiger partial charge in [0, 0.05) is 0 Å². The zero-order valence-corrected chi connectivity index (χ0v) is 13.4. The lowest BCUT2D eigenvalue weighted by Gasteiger charge is -2.18. The molecule has 0 aromatic heterocycles. The summed E-state index contributed by atoms with van der Waals surface area (Å²) < 4.78 is 5.69. The van der Waals surface area contributed by atoms with Crippen LogP contribution in [0.5, 0.6) is 5.75 Å². The molecule has 0 saturated carbocycles. The SMILES string of the molecule is Cc1ccc2c(c1)C(=O)/C(=C/c1ccc(C(C)(C)C)cc1)O2. The second-order valence-electron chi connectivity index (χ2n) is 6.81. The highest BCUT2D eigenvalue weighted by molar-refractivity contribution is 6.14. The van der Waals surface area contributed by atoms with Crippen LogP contribution in [-0.2, 0) is 5.41 Å². The van der Waals surface area contributed by atoms with Crippen LogP contribution in [0.25, 0.3) is 6.08 Å². The van der Waals surface area contributed by atoms with Crippen molar-refractivity contribution in [1.29, 1.82) is 0 Å². The van der Waals surface area contributed by atoms with Crippen molar-refractivity contribution in [3.8, 4) is 5.75 Å². The van der Waals surface area contributed by atoms with E-state index in [4.69, 9.17) is 4.74 Å². The first kappa shape index (κ1) is 14.6. The number of ether oxygens (including phenoxy) is 1. The van der Waals surface area contributed by atoms with Crippen LogP contribution in [0, 0.1) is 6.92 Å². The Labute approximate surface area is 131 Å². The molecule has 0 saturated heterocycles. The lowest BCUT2D eigenvalue weighted by atomic mass is 9.86. The van der Waals surface area contributed by atoms with Crippen molar-refractivity contribution in [2.45, 2.75) is 33.1 Å². The molecule has 0 atom stereocenters. The van der Waals surface area contributed by atoms with Gasteiger partial charge < -0.3 is 4.74 Å². The van der Waals surface area contributed by atoms with E-state index in [-0.39, 0.29) is 11.2 Å². The highest BCUT2D eigenvalue weighted by Gasteiger charge is 2.27. The number of carbonyl (C=O) groups excluding carboxylic acids is 1. The van der Waals surface area contributed by atoms with E-state index in [9.17, 15) is 4.79 Å². The molecule has 1 aliphatic heterocycles. The number of Topliss-reactive ketones (excluding diaryl/α,β-unsaturated/α-hetero) is 1. The monoisotopic (exact) mass is 292 g/mol. The van der Waals surface area contributed by atoms with Gasteiger partial charge in [0.15, 0.2) is 5.76 Å². The Bertz CT molecular complexity index is 759. The lowest BCUT2D eigenvalue weighted by molar-refractivity contribution is 0.101. The summed E-state index contributed by atoms with van der Waals surface area (Å²) in [5, 5.41) is 0. The van der Waals surface area contributed by atoms with Gasteiger partial charge in [-0.05, 0) is 41.7 Å². The molecule has 0 fully saturated rings. The molecule has 0 spiro atoms. The fourth-order valence-electron chi connectivity index (χ4n) is 2.53. The highest BCUT2D eigenvalue weighted by atomic mass is 16.5. The number of carbonyl (C=O) groups is 1. The summed E-state index contributed by atoms with van der Waals surface area (Å²) in [7, 11) is 0. The van der Waals surface area contributed by atoms with Crippen LogP contribution in [0.4, 0.5) is 0 Å². The number of hydrogen-bond acceptors (Lipinski definition) is 2. The van der Waals surface area contributed by atoms with Gasteiger partial charge in [-0.3, -0.25) is 4.79 Å². The van der Waals surface area contributed by atoms with Gasteiger partial charge in [0.2, 0.25) is 5.78 Å². The average molecular weight is 292 g/mol. The van der Waals surface area contributed by atoms with Crippen LogP contribution in [-0.4, -0.2) is 5.78 Å². The van der Waals surface area contributed by atoms with Gasteiger partial charge >= 0.3 is 0 Å². The molecule has 0 unspecified atom stereocenters. The van der Waals surface area contributed by atoms with Gasteiger partial charge in [-0.2, -0.15) is 0 Å². The molecule has 1 heterocycles. The summed E-state index contributed by atoms with van der Waals surface area (Å²) in [6, 6.07) is 13.9. The fourth-order valence-corrected chi connectivity index (χ4v) is 2.53. The minimum Gasteiger partial charge on any atom is -0.452 e. The third kappa shape index (κ3) is 2.69. The first-order valence-electron chi connectivity index (χ1n) is 7.50. The maximum Gasteiger partial charge on any atom is 0.231 e. The predicted molar refractivity (Wildman–Crippen MR) is 89.3 cm³/mol. The molecule has 2 aromatic carbocycles. The Balaban J connectivity index is 1.90. The molecule has 0 bridgehead atoms. The molecule has 0 radical (unpaired) electrons. The second kappa shape index (κ2) is 5.13. The summed E-state index contributed by atoms with van der Waals surface area (Å²) in [4.78, 5) is 12.4. The van der Waals surface area contributed by atoms with E-state index >= 15 is 0 Å². The van der Waals surface area contributed by atoms with Gasteiger partial charge in [0.1, 0.15) is 5.75 Å². The van der Waals surface area contributed by atoms with Crippen LogP contribution in [0.15, 0.2) is 48.2 Å². The summed E-state index contributed by atoms with van der Waals surface area (Å²) >= 11 is 0. The third-order valence-corrected chi connectivity index (χ3v) is 3.90. The molecule has 0 N–H and O–H groups in total. The largest absolute Gasteiger partial charge is 0.452 e. The number of allylic oxidation sites excluding steroid dienone is 1. The zero-order valence-electron chi connectivity index (χ0n) is 13.4.